The number of benzene rings is 2. The van der Waals surface area contributed by atoms with Crippen LogP contribution in [-0.4, -0.2) is 16.4 Å². The van der Waals surface area contributed by atoms with Crippen molar-refractivity contribution in [3.63, 3.8) is 0 Å². The van der Waals surface area contributed by atoms with Gasteiger partial charge in [-0.3, -0.25) is 20.4 Å². The maximum atomic E-state index is 12.1. The van der Waals surface area contributed by atoms with Crippen LogP contribution in [0.5, 0.6) is 0 Å². The highest BCUT2D eigenvalue weighted by Gasteiger charge is 2.10. The second-order valence-corrected chi connectivity index (χ2v) is 5.32. The fourth-order valence-corrected chi connectivity index (χ4v) is 2.49. The van der Waals surface area contributed by atoms with Crippen LogP contribution >= 0.6 is 0 Å². The van der Waals surface area contributed by atoms with Crippen LogP contribution < -0.4 is 10.9 Å². The van der Waals surface area contributed by atoms with Gasteiger partial charge in [-0.05, 0) is 36.1 Å². The molecule has 0 spiro atoms. The number of hydrazine groups is 1. The van der Waals surface area contributed by atoms with E-state index in [9.17, 15) is 9.59 Å². The van der Waals surface area contributed by atoms with Gasteiger partial charge in [0, 0.05) is 17.3 Å². The van der Waals surface area contributed by atoms with E-state index < -0.39 is 0 Å². The number of hydrogen-bond acceptors (Lipinski definition) is 2. The van der Waals surface area contributed by atoms with Gasteiger partial charge in [0.1, 0.15) is 6.54 Å². The first-order valence-corrected chi connectivity index (χ1v) is 7.34. The summed E-state index contributed by atoms with van der Waals surface area (Å²) in [5.74, 6) is -0.609. The van der Waals surface area contributed by atoms with Gasteiger partial charge in [0.05, 0.1) is 0 Å². The van der Waals surface area contributed by atoms with Gasteiger partial charge in [0.25, 0.3) is 11.8 Å². The van der Waals surface area contributed by atoms with Crippen LogP contribution in [-0.2, 0) is 11.3 Å². The number of nitrogens with zero attached hydrogens (tertiary/aromatic N) is 1. The van der Waals surface area contributed by atoms with Crippen LogP contribution in [0, 0.1) is 6.92 Å². The Hall–Kier alpha value is -3.08. The number of aromatic nitrogens is 1. The first kappa shape index (κ1) is 14.8. The average Bonchev–Trinajstić information content (AvgIpc) is 2.96. The quantitative estimate of drug-likeness (QED) is 0.730. The minimum Gasteiger partial charge on any atom is -0.338 e. The van der Waals surface area contributed by atoms with Crippen molar-refractivity contribution in [2.75, 3.05) is 0 Å². The third-order valence-electron chi connectivity index (χ3n) is 3.70. The van der Waals surface area contributed by atoms with Gasteiger partial charge in [0.15, 0.2) is 0 Å². The first-order chi connectivity index (χ1) is 11.1. The van der Waals surface area contributed by atoms with E-state index in [1.165, 1.54) is 0 Å². The third kappa shape index (κ3) is 3.23. The summed E-state index contributed by atoms with van der Waals surface area (Å²) in [6, 6.07) is 17.0. The number of amides is 2. The monoisotopic (exact) mass is 307 g/mol. The van der Waals surface area contributed by atoms with Crippen molar-refractivity contribution in [2.45, 2.75) is 13.5 Å². The van der Waals surface area contributed by atoms with E-state index in [0.717, 1.165) is 16.5 Å². The second kappa shape index (κ2) is 6.36. The van der Waals surface area contributed by atoms with Gasteiger partial charge < -0.3 is 4.57 Å². The van der Waals surface area contributed by atoms with Crippen molar-refractivity contribution < 1.29 is 9.59 Å². The van der Waals surface area contributed by atoms with Crippen molar-refractivity contribution in [3.8, 4) is 0 Å². The van der Waals surface area contributed by atoms with Crippen molar-refractivity contribution in [2.24, 2.45) is 0 Å². The molecule has 2 aromatic carbocycles. The molecule has 116 valence electrons. The number of fused-ring (bicyclic) bond motifs is 1. The maximum absolute atomic E-state index is 12.1. The van der Waals surface area contributed by atoms with Crippen LogP contribution in [0.2, 0.25) is 0 Å². The molecular weight excluding hydrogens is 290 g/mol. The summed E-state index contributed by atoms with van der Waals surface area (Å²) in [6.07, 6.45) is 1.85. The number of para-hydroxylation sites is 1. The topological polar surface area (TPSA) is 63.1 Å². The zero-order chi connectivity index (χ0) is 16.2. The van der Waals surface area contributed by atoms with E-state index >= 15 is 0 Å². The molecule has 3 aromatic rings. The van der Waals surface area contributed by atoms with E-state index in [2.05, 4.69) is 10.9 Å². The summed E-state index contributed by atoms with van der Waals surface area (Å²) in [7, 11) is 0. The van der Waals surface area contributed by atoms with Crippen molar-refractivity contribution >= 4 is 22.7 Å². The Morgan fingerprint density at radius 3 is 2.52 bits per heavy atom. The molecular formula is C18H17N3O2. The molecule has 0 bridgehead atoms. The first-order valence-electron chi connectivity index (χ1n) is 7.34. The Kier molecular flexibility index (Phi) is 4.10. The largest absolute Gasteiger partial charge is 0.338 e. The summed E-state index contributed by atoms with van der Waals surface area (Å²) in [4.78, 5) is 24.1. The van der Waals surface area contributed by atoms with Crippen LogP contribution in [0.3, 0.4) is 0 Å². The molecule has 0 atom stereocenters. The van der Waals surface area contributed by atoms with Crippen LogP contribution in [0.25, 0.3) is 10.9 Å². The smallest absolute Gasteiger partial charge is 0.269 e. The predicted molar refractivity (Wildman–Crippen MR) is 88.7 cm³/mol. The molecule has 0 aliphatic carbocycles. The van der Waals surface area contributed by atoms with E-state index in [0.29, 0.717) is 5.56 Å². The van der Waals surface area contributed by atoms with Gasteiger partial charge in [-0.2, -0.15) is 0 Å². The predicted octanol–water partition coefficient (Wildman–Crippen LogP) is 2.41. The lowest BCUT2D eigenvalue weighted by molar-refractivity contribution is -0.122. The molecule has 0 aliphatic heterocycles. The summed E-state index contributed by atoms with van der Waals surface area (Å²) < 4.78 is 1.84. The number of carbonyl (C=O) groups is 2. The molecule has 0 saturated carbocycles. The molecule has 0 radical (unpaired) electrons. The normalized spacial score (nSPS) is 10.5. The fourth-order valence-electron chi connectivity index (χ4n) is 2.49. The standard InChI is InChI=1S/C18H17N3O2/c1-13-6-2-4-8-15(13)18(23)20-19-17(22)12-21-11-10-14-7-3-5-9-16(14)21/h2-11H,12H2,1H3,(H,19,22)(H,20,23). The van der Waals surface area contributed by atoms with Crippen molar-refractivity contribution in [1.29, 1.82) is 0 Å². The number of aryl methyl sites for hydroxylation is 1. The van der Waals surface area contributed by atoms with Gasteiger partial charge in [0.2, 0.25) is 0 Å². The lowest BCUT2D eigenvalue weighted by Gasteiger charge is -2.10. The summed E-state index contributed by atoms with van der Waals surface area (Å²) in [5.41, 5.74) is 7.28. The molecule has 2 N–H and O–H groups in total. The van der Waals surface area contributed by atoms with Gasteiger partial charge in [-0.25, -0.2) is 0 Å². The van der Waals surface area contributed by atoms with Crippen LogP contribution in [0.1, 0.15) is 15.9 Å². The number of rotatable bonds is 3. The van der Waals surface area contributed by atoms with Crippen LogP contribution in [0.15, 0.2) is 60.8 Å². The van der Waals surface area contributed by atoms with Crippen molar-refractivity contribution in [3.05, 3.63) is 71.9 Å². The Balaban J connectivity index is 1.62. The molecule has 3 rings (SSSR count). The highest BCUT2D eigenvalue weighted by molar-refractivity contribution is 5.96. The average molecular weight is 307 g/mol. The van der Waals surface area contributed by atoms with E-state index in [1.54, 1.807) is 12.1 Å². The summed E-state index contributed by atoms with van der Waals surface area (Å²) >= 11 is 0. The molecule has 1 heterocycles. The minimum atomic E-state index is -0.325. The Labute approximate surface area is 133 Å². The molecule has 0 aliphatic rings. The highest BCUT2D eigenvalue weighted by atomic mass is 16.2. The molecule has 5 nitrogen and oxygen atoms in total. The molecule has 5 heteroatoms. The maximum Gasteiger partial charge on any atom is 0.269 e. The molecule has 0 fully saturated rings. The molecule has 23 heavy (non-hydrogen) atoms. The van der Waals surface area contributed by atoms with E-state index in [-0.39, 0.29) is 18.4 Å². The zero-order valence-corrected chi connectivity index (χ0v) is 12.7. The lowest BCUT2D eigenvalue weighted by atomic mass is 10.1. The third-order valence-corrected chi connectivity index (χ3v) is 3.70. The SMILES string of the molecule is Cc1ccccc1C(=O)NNC(=O)Cn1ccc2ccccc21. The highest BCUT2D eigenvalue weighted by Crippen LogP contribution is 2.14. The number of hydrogen-bond donors (Lipinski definition) is 2. The molecule has 0 saturated heterocycles. The Bertz CT molecular complexity index is 867. The summed E-state index contributed by atoms with van der Waals surface area (Å²) in [5, 5.41) is 1.07. The van der Waals surface area contributed by atoms with Gasteiger partial charge in [-0.15, -0.1) is 0 Å². The minimum absolute atomic E-state index is 0.140. The number of nitrogens with one attached hydrogen (secondary N) is 2. The van der Waals surface area contributed by atoms with E-state index in [4.69, 9.17) is 0 Å². The van der Waals surface area contributed by atoms with E-state index in [1.807, 2.05) is 60.2 Å². The van der Waals surface area contributed by atoms with Gasteiger partial charge >= 0.3 is 0 Å². The molecule has 0 unspecified atom stereocenters. The Morgan fingerprint density at radius 1 is 0.957 bits per heavy atom. The summed E-state index contributed by atoms with van der Waals surface area (Å²) in [6.45, 7) is 1.99. The molecule has 1 aromatic heterocycles. The van der Waals surface area contributed by atoms with Crippen molar-refractivity contribution in [1.82, 2.24) is 15.4 Å². The fraction of sp³-hybridized carbons (Fsp3) is 0.111. The molecule has 2 amide bonds. The Morgan fingerprint density at radius 2 is 1.70 bits per heavy atom. The van der Waals surface area contributed by atoms with Gasteiger partial charge in [-0.1, -0.05) is 36.4 Å². The van der Waals surface area contributed by atoms with Crippen LogP contribution in [0.4, 0.5) is 0 Å². The lowest BCUT2D eigenvalue weighted by Crippen LogP contribution is -2.43. The zero-order valence-electron chi connectivity index (χ0n) is 12.7. The second-order valence-electron chi connectivity index (χ2n) is 5.32. The number of carbonyl (C=O) groups excluding carboxylic acids is 2.